The maximum atomic E-state index is 12.2. The van der Waals surface area contributed by atoms with Crippen LogP contribution in [0.1, 0.15) is 6.92 Å². The Bertz CT molecular complexity index is 1760. The van der Waals surface area contributed by atoms with Crippen molar-refractivity contribution in [2.24, 2.45) is 0 Å². The summed E-state index contributed by atoms with van der Waals surface area (Å²) in [6.07, 6.45) is 8.60. The lowest BCUT2D eigenvalue weighted by Crippen LogP contribution is -2.40. The number of nitrogens with zero attached hydrogens (tertiary/aromatic N) is 8. The number of pyridine rings is 4. The zero-order chi connectivity index (χ0) is 25.5. The Morgan fingerprint density at radius 3 is 2.54 bits per heavy atom. The second-order valence-corrected chi connectivity index (χ2v) is 8.66. The summed E-state index contributed by atoms with van der Waals surface area (Å²) in [5.41, 5.74) is 7.26. The number of rotatable bonds is 5. The second kappa shape index (κ2) is 8.88. The van der Waals surface area contributed by atoms with Crippen LogP contribution in [0.15, 0.2) is 67.4 Å². The summed E-state index contributed by atoms with van der Waals surface area (Å²) >= 11 is 0. The van der Waals surface area contributed by atoms with Crippen LogP contribution in [0.4, 0.5) is 5.69 Å². The summed E-state index contributed by atoms with van der Waals surface area (Å²) in [5.74, 6) is 0.451. The van der Waals surface area contributed by atoms with Crippen molar-refractivity contribution in [3.63, 3.8) is 0 Å². The molecule has 6 rings (SSSR count). The molecule has 0 saturated heterocycles. The van der Waals surface area contributed by atoms with Crippen molar-refractivity contribution in [1.29, 1.82) is 0 Å². The van der Waals surface area contributed by atoms with Crippen molar-refractivity contribution in [1.82, 2.24) is 45.1 Å². The minimum atomic E-state index is -0.117. The molecule has 0 aliphatic rings. The molecule has 0 aromatic carbocycles. The fraction of sp³-hybridized carbons (Fsp3) is 0.115. The lowest BCUT2D eigenvalue weighted by atomic mass is 10.1. The molecule has 0 bridgehead atoms. The molecule has 0 aliphatic carbocycles. The average Bonchev–Trinajstić information content (AvgIpc) is 3.52. The van der Waals surface area contributed by atoms with Gasteiger partial charge in [-0.05, 0) is 30.3 Å². The molecule has 0 unspecified atom stereocenters. The SMILES string of the molecule is CC(=O)N(c1cncc(-c2ccc3[nH]nc(-c4nc5c(-c6ccccn6)cncc5[nH]4)c3n2)c1)N(C)C. The molecule has 6 aromatic heterocycles. The highest BCUT2D eigenvalue weighted by Crippen LogP contribution is 2.31. The molecule has 0 atom stereocenters. The maximum Gasteiger partial charge on any atom is 0.238 e. The van der Waals surface area contributed by atoms with E-state index in [0.717, 1.165) is 33.4 Å². The van der Waals surface area contributed by atoms with Crippen LogP contribution in [-0.4, -0.2) is 65.1 Å². The van der Waals surface area contributed by atoms with Gasteiger partial charge in [-0.15, -0.1) is 0 Å². The first kappa shape index (κ1) is 22.4. The van der Waals surface area contributed by atoms with Gasteiger partial charge >= 0.3 is 0 Å². The van der Waals surface area contributed by atoms with Gasteiger partial charge in [0.2, 0.25) is 5.91 Å². The molecule has 0 aliphatic heterocycles. The van der Waals surface area contributed by atoms with Crippen molar-refractivity contribution in [2.75, 3.05) is 19.1 Å². The summed E-state index contributed by atoms with van der Waals surface area (Å²) in [7, 11) is 3.61. The Labute approximate surface area is 211 Å². The summed E-state index contributed by atoms with van der Waals surface area (Å²) in [6.45, 7) is 1.51. The van der Waals surface area contributed by atoms with E-state index in [2.05, 4.69) is 30.1 Å². The lowest BCUT2D eigenvalue weighted by molar-refractivity contribution is -0.118. The molecule has 0 radical (unpaired) electrons. The highest BCUT2D eigenvalue weighted by Gasteiger charge is 2.19. The van der Waals surface area contributed by atoms with Crippen LogP contribution in [0, 0.1) is 0 Å². The second-order valence-electron chi connectivity index (χ2n) is 8.66. The molecule has 6 heterocycles. The van der Waals surface area contributed by atoms with E-state index < -0.39 is 0 Å². The summed E-state index contributed by atoms with van der Waals surface area (Å²) in [4.78, 5) is 38.4. The van der Waals surface area contributed by atoms with Crippen LogP contribution in [0.5, 0.6) is 0 Å². The standard InChI is InChI=1S/C26H22N10O/c1-15(37)36(35(2)3)17-10-16(11-27-12-17)19-7-8-21-24(30-19)25(34-33-21)26-31-22-14-28-13-18(23(22)32-26)20-6-4-5-9-29-20/h4-14H,1-3H3,(H,31,32)(H,33,34). The Morgan fingerprint density at radius 1 is 0.892 bits per heavy atom. The third-order valence-corrected chi connectivity index (χ3v) is 5.93. The van der Waals surface area contributed by atoms with E-state index in [1.54, 1.807) is 55.1 Å². The van der Waals surface area contributed by atoms with Gasteiger partial charge in [0.15, 0.2) is 11.5 Å². The van der Waals surface area contributed by atoms with Crippen LogP contribution in [0.3, 0.4) is 0 Å². The van der Waals surface area contributed by atoms with Crippen molar-refractivity contribution >= 4 is 33.7 Å². The predicted molar refractivity (Wildman–Crippen MR) is 140 cm³/mol. The first-order chi connectivity index (χ1) is 18.0. The van der Waals surface area contributed by atoms with E-state index in [0.29, 0.717) is 28.4 Å². The largest absolute Gasteiger partial charge is 0.335 e. The minimum Gasteiger partial charge on any atom is -0.335 e. The van der Waals surface area contributed by atoms with E-state index in [1.807, 2.05) is 36.4 Å². The third kappa shape index (κ3) is 3.96. The number of amides is 1. The molecule has 182 valence electrons. The Morgan fingerprint density at radius 2 is 1.76 bits per heavy atom. The monoisotopic (exact) mass is 490 g/mol. The van der Waals surface area contributed by atoms with Gasteiger partial charge in [-0.3, -0.25) is 24.8 Å². The topological polar surface area (TPSA) is 132 Å². The number of fused-ring (bicyclic) bond motifs is 2. The number of H-pyrrole nitrogens is 2. The van der Waals surface area contributed by atoms with Crippen LogP contribution in [0.2, 0.25) is 0 Å². The Balaban J connectivity index is 1.44. The molecular formula is C26H22N10O. The number of nitrogens with one attached hydrogen (secondary N) is 2. The van der Waals surface area contributed by atoms with Gasteiger partial charge in [0.25, 0.3) is 0 Å². The molecule has 0 saturated carbocycles. The number of aromatic nitrogens is 8. The average molecular weight is 491 g/mol. The minimum absolute atomic E-state index is 0.117. The van der Waals surface area contributed by atoms with Gasteiger partial charge in [-0.1, -0.05) is 6.07 Å². The summed E-state index contributed by atoms with van der Waals surface area (Å²) < 4.78 is 0. The van der Waals surface area contributed by atoms with E-state index in [-0.39, 0.29) is 5.91 Å². The number of imidazole rings is 1. The normalized spacial score (nSPS) is 11.5. The molecule has 0 spiro atoms. The third-order valence-electron chi connectivity index (χ3n) is 5.93. The number of anilines is 1. The van der Waals surface area contributed by atoms with Crippen LogP contribution >= 0.6 is 0 Å². The molecule has 11 heteroatoms. The first-order valence-corrected chi connectivity index (χ1v) is 11.5. The Hall–Kier alpha value is -5.03. The van der Waals surface area contributed by atoms with Crippen molar-refractivity contribution in [3.05, 3.63) is 67.4 Å². The molecule has 11 nitrogen and oxygen atoms in total. The number of hydrogen-bond donors (Lipinski definition) is 2. The van der Waals surface area contributed by atoms with Gasteiger partial charge in [0.1, 0.15) is 11.0 Å². The number of hydrogen-bond acceptors (Lipinski definition) is 8. The van der Waals surface area contributed by atoms with Gasteiger partial charge in [0, 0.05) is 50.7 Å². The summed E-state index contributed by atoms with van der Waals surface area (Å²) in [6, 6.07) is 11.4. The highest BCUT2D eigenvalue weighted by atomic mass is 16.2. The first-order valence-electron chi connectivity index (χ1n) is 11.5. The molecule has 6 aromatic rings. The quantitative estimate of drug-likeness (QED) is 0.348. The van der Waals surface area contributed by atoms with Crippen LogP contribution in [0.25, 0.3) is 56.1 Å². The van der Waals surface area contributed by atoms with Gasteiger partial charge in [-0.2, -0.15) is 5.10 Å². The van der Waals surface area contributed by atoms with Crippen LogP contribution < -0.4 is 5.01 Å². The van der Waals surface area contributed by atoms with Gasteiger partial charge in [0.05, 0.1) is 40.5 Å². The van der Waals surface area contributed by atoms with Gasteiger partial charge in [-0.25, -0.2) is 20.0 Å². The number of hydrazine groups is 1. The van der Waals surface area contributed by atoms with Crippen molar-refractivity contribution in [3.8, 4) is 34.0 Å². The zero-order valence-corrected chi connectivity index (χ0v) is 20.3. The predicted octanol–water partition coefficient (Wildman–Crippen LogP) is 3.85. The molecule has 37 heavy (non-hydrogen) atoms. The van der Waals surface area contributed by atoms with Crippen molar-refractivity contribution < 1.29 is 4.79 Å². The smallest absolute Gasteiger partial charge is 0.238 e. The number of carbonyl (C=O) groups is 1. The number of aromatic amines is 2. The molecule has 0 fully saturated rings. The fourth-order valence-corrected chi connectivity index (χ4v) is 4.36. The van der Waals surface area contributed by atoms with E-state index in [9.17, 15) is 4.79 Å². The molecular weight excluding hydrogens is 468 g/mol. The fourth-order valence-electron chi connectivity index (χ4n) is 4.36. The zero-order valence-electron chi connectivity index (χ0n) is 20.3. The van der Waals surface area contributed by atoms with Crippen molar-refractivity contribution in [2.45, 2.75) is 6.92 Å². The lowest BCUT2D eigenvalue weighted by Gasteiger charge is -2.27. The van der Waals surface area contributed by atoms with E-state index in [4.69, 9.17) is 9.97 Å². The Kier molecular flexibility index (Phi) is 5.38. The van der Waals surface area contributed by atoms with Crippen LogP contribution in [-0.2, 0) is 4.79 Å². The molecule has 1 amide bonds. The summed E-state index contributed by atoms with van der Waals surface area (Å²) in [5, 5.41) is 10.8. The highest BCUT2D eigenvalue weighted by molar-refractivity contribution is 5.95. The molecule has 2 N–H and O–H groups in total. The van der Waals surface area contributed by atoms with E-state index in [1.165, 1.54) is 6.92 Å². The van der Waals surface area contributed by atoms with Gasteiger partial charge < -0.3 is 4.98 Å². The maximum absolute atomic E-state index is 12.2. The number of carbonyl (C=O) groups excluding carboxylic acids is 1. The van der Waals surface area contributed by atoms with E-state index >= 15 is 0 Å².